The number of nitriles is 1. The molecule has 7 nitrogen and oxygen atoms in total. The summed E-state index contributed by atoms with van der Waals surface area (Å²) in [6.07, 6.45) is 0.0176. The van der Waals surface area contributed by atoms with Gasteiger partial charge in [-0.2, -0.15) is 5.26 Å². The quantitative estimate of drug-likeness (QED) is 0.455. The average Bonchev–Trinajstić information content (AvgIpc) is 2.54. The fraction of sp³-hybridized carbons (Fsp3) is 0.467. The Bertz CT molecular complexity index is 526. The van der Waals surface area contributed by atoms with Gasteiger partial charge in [-0.15, -0.1) is 0 Å². The van der Waals surface area contributed by atoms with E-state index in [2.05, 4.69) is 0 Å². The summed E-state index contributed by atoms with van der Waals surface area (Å²) in [6, 6.07) is 7.95. The molecule has 120 valence electrons. The summed E-state index contributed by atoms with van der Waals surface area (Å²) in [5.74, 6) is 0. The van der Waals surface area contributed by atoms with E-state index < -0.39 is 11.0 Å². The standard InChI is InChI=1S/C13H15N3O4.C2H6/c1-2-9-20-13(17)15(8-7-14)10-11-5-3-4-6-12(11)16(18)19;1-2/h3-6H,2,8-10H2,1H3;1-2H3. The van der Waals surface area contributed by atoms with Gasteiger partial charge in [0.1, 0.15) is 6.54 Å². The van der Waals surface area contributed by atoms with Gasteiger partial charge < -0.3 is 4.74 Å². The van der Waals surface area contributed by atoms with Crippen molar-refractivity contribution in [3.05, 3.63) is 39.9 Å². The maximum absolute atomic E-state index is 11.8. The van der Waals surface area contributed by atoms with Crippen molar-refractivity contribution >= 4 is 11.8 Å². The number of carbonyl (C=O) groups is 1. The summed E-state index contributed by atoms with van der Waals surface area (Å²) in [5.41, 5.74) is 0.278. The van der Waals surface area contributed by atoms with Crippen molar-refractivity contribution in [2.75, 3.05) is 13.2 Å². The molecule has 22 heavy (non-hydrogen) atoms. The van der Waals surface area contributed by atoms with E-state index in [0.29, 0.717) is 12.0 Å². The molecule has 1 aromatic carbocycles. The predicted octanol–water partition coefficient (Wildman–Crippen LogP) is 3.49. The molecule has 0 N–H and O–H groups in total. The number of rotatable bonds is 6. The first-order valence-corrected chi connectivity index (χ1v) is 7.11. The first kappa shape index (κ1) is 19.4. The number of nitro groups is 1. The molecule has 0 aliphatic carbocycles. The van der Waals surface area contributed by atoms with Crippen LogP contribution in [0.3, 0.4) is 0 Å². The van der Waals surface area contributed by atoms with Crippen molar-refractivity contribution < 1.29 is 14.5 Å². The average molecular weight is 307 g/mol. The molecule has 0 atom stereocenters. The van der Waals surface area contributed by atoms with Gasteiger partial charge in [-0.25, -0.2) is 4.79 Å². The lowest BCUT2D eigenvalue weighted by molar-refractivity contribution is -0.385. The van der Waals surface area contributed by atoms with Crippen LogP contribution >= 0.6 is 0 Å². The topological polar surface area (TPSA) is 96.5 Å². The Balaban J connectivity index is 0.00000211. The van der Waals surface area contributed by atoms with Crippen LogP contribution in [-0.2, 0) is 11.3 Å². The SMILES string of the molecule is CC.CCCOC(=O)N(CC#N)Cc1ccccc1[N+](=O)[O-]. The van der Waals surface area contributed by atoms with Crippen LogP contribution in [0.4, 0.5) is 10.5 Å². The number of benzene rings is 1. The predicted molar refractivity (Wildman–Crippen MR) is 82.1 cm³/mol. The number of nitrogens with zero attached hydrogens (tertiary/aromatic N) is 3. The third kappa shape index (κ3) is 6.22. The Morgan fingerprint density at radius 2 is 2.05 bits per heavy atom. The number of carbonyl (C=O) groups excluding carboxylic acids is 1. The maximum atomic E-state index is 11.8. The third-order valence-electron chi connectivity index (χ3n) is 2.50. The first-order valence-electron chi connectivity index (χ1n) is 7.11. The molecule has 0 aliphatic rings. The zero-order chi connectivity index (χ0) is 17.0. The van der Waals surface area contributed by atoms with Crippen LogP contribution in [0.5, 0.6) is 0 Å². The fourth-order valence-corrected chi connectivity index (χ4v) is 1.58. The van der Waals surface area contributed by atoms with E-state index in [9.17, 15) is 14.9 Å². The minimum atomic E-state index is -0.647. The van der Waals surface area contributed by atoms with E-state index >= 15 is 0 Å². The smallest absolute Gasteiger partial charge is 0.410 e. The highest BCUT2D eigenvalue weighted by Crippen LogP contribution is 2.19. The highest BCUT2D eigenvalue weighted by Gasteiger charge is 2.20. The van der Waals surface area contributed by atoms with Crippen LogP contribution in [0.15, 0.2) is 24.3 Å². The second-order valence-corrected chi connectivity index (χ2v) is 4.01. The lowest BCUT2D eigenvalue weighted by Crippen LogP contribution is -2.32. The molecule has 0 saturated heterocycles. The van der Waals surface area contributed by atoms with Crippen LogP contribution < -0.4 is 0 Å². The van der Waals surface area contributed by atoms with E-state index in [-0.39, 0.29) is 25.4 Å². The minimum Gasteiger partial charge on any atom is -0.449 e. The van der Waals surface area contributed by atoms with Gasteiger partial charge in [0, 0.05) is 11.6 Å². The van der Waals surface area contributed by atoms with Gasteiger partial charge in [0.25, 0.3) is 5.69 Å². The fourth-order valence-electron chi connectivity index (χ4n) is 1.58. The first-order chi connectivity index (χ1) is 10.6. The molecule has 0 aliphatic heterocycles. The Hall–Kier alpha value is -2.62. The van der Waals surface area contributed by atoms with Crippen LogP contribution in [0.2, 0.25) is 0 Å². The van der Waals surface area contributed by atoms with E-state index in [4.69, 9.17) is 10.00 Å². The second-order valence-electron chi connectivity index (χ2n) is 4.01. The van der Waals surface area contributed by atoms with Crippen molar-refractivity contribution in [3.63, 3.8) is 0 Å². The molecule has 1 amide bonds. The van der Waals surface area contributed by atoms with Crippen molar-refractivity contribution in [1.29, 1.82) is 5.26 Å². The van der Waals surface area contributed by atoms with Gasteiger partial charge in [-0.05, 0) is 6.42 Å². The van der Waals surface area contributed by atoms with Crippen molar-refractivity contribution in [3.8, 4) is 6.07 Å². The molecule has 7 heteroatoms. The molecule has 1 aromatic rings. The Morgan fingerprint density at radius 3 is 2.59 bits per heavy atom. The molecular formula is C15H21N3O4. The zero-order valence-electron chi connectivity index (χ0n) is 13.1. The van der Waals surface area contributed by atoms with E-state index in [1.807, 2.05) is 26.8 Å². The number of hydrogen-bond donors (Lipinski definition) is 0. The number of ether oxygens (including phenoxy) is 1. The van der Waals surface area contributed by atoms with E-state index in [0.717, 1.165) is 4.90 Å². The monoisotopic (exact) mass is 307 g/mol. The molecule has 0 bridgehead atoms. The van der Waals surface area contributed by atoms with Crippen molar-refractivity contribution in [1.82, 2.24) is 4.90 Å². The summed E-state index contributed by atoms with van der Waals surface area (Å²) < 4.78 is 4.94. The Labute approximate surface area is 130 Å². The molecule has 0 spiro atoms. The number of hydrogen-bond acceptors (Lipinski definition) is 5. The van der Waals surface area contributed by atoms with Gasteiger partial charge in [-0.1, -0.05) is 39.0 Å². The van der Waals surface area contributed by atoms with Gasteiger partial charge in [-0.3, -0.25) is 15.0 Å². The molecule has 0 unspecified atom stereocenters. The molecule has 0 radical (unpaired) electrons. The third-order valence-corrected chi connectivity index (χ3v) is 2.50. The van der Waals surface area contributed by atoms with Crippen molar-refractivity contribution in [2.45, 2.75) is 33.7 Å². The van der Waals surface area contributed by atoms with Crippen LogP contribution in [-0.4, -0.2) is 29.1 Å². The summed E-state index contributed by atoms with van der Waals surface area (Å²) in [7, 11) is 0. The summed E-state index contributed by atoms with van der Waals surface area (Å²) in [5, 5.41) is 19.6. The molecule has 0 heterocycles. The zero-order valence-corrected chi connectivity index (χ0v) is 13.1. The molecule has 0 fully saturated rings. The number of amides is 1. The van der Waals surface area contributed by atoms with E-state index in [1.54, 1.807) is 18.2 Å². The summed E-state index contributed by atoms with van der Waals surface area (Å²) >= 11 is 0. The molecule has 1 rings (SSSR count). The highest BCUT2D eigenvalue weighted by atomic mass is 16.6. The van der Waals surface area contributed by atoms with Crippen LogP contribution in [0.1, 0.15) is 32.8 Å². The second kappa shape index (κ2) is 11.1. The van der Waals surface area contributed by atoms with Crippen molar-refractivity contribution in [2.24, 2.45) is 0 Å². The van der Waals surface area contributed by atoms with Crippen LogP contribution in [0, 0.1) is 21.4 Å². The molecule has 0 aromatic heterocycles. The normalized spacial score (nSPS) is 9.00. The van der Waals surface area contributed by atoms with Gasteiger partial charge >= 0.3 is 6.09 Å². The number of nitro benzene ring substituents is 1. The Kier molecular flexibility index (Phi) is 9.76. The van der Waals surface area contributed by atoms with Gasteiger partial charge in [0.15, 0.2) is 0 Å². The number of para-hydroxylation sites is 1. The van der Waals surface area contributed by atoms with E-state index in [1.165, 1.54) is 6.07 Å². The lowest BCUT2D eigenvalue weighted by Gasteiger charge is -2.18. The van der Waals surface area contributed by atoms with Gasteiger partial charge in [0.2, 0.25) is 0 Å². The Morgan fingerprint density at radius 1 is 1.41 bits per heavy atom. The summed E-state index contributed by atoms with van der Waals surface area (Å²) in [6.45, 7) is 5.88. The van der Waals surface area contributed by atoms with Gasteiger partial charge in [0.05, 0.1) is 24.1 Å². The largest absolute Gasteiger partial charge is 0.449 e. The lowest BCUT2D eigenvalue weighted by atomic mass is 10.1. The highest BCUT2D eigenvalue weighted by molar-refractivity contribution is 5.68. The minimum absolute atomic E-state index is 0.0345. The molecular weight excluding hydrogens is 286 g/mol. The maximum Gasteiger partial charge on any atom is 0.410 e. The van der Waals surface area contributed by atoms with Crippen LogP contribution in [0.25, 0.3) is 0 Å². The molecule has 0 saturated carbocycles. The summed E-state index contributed by atoms with van der Waals surface area (Å²) in [4.78, 5) is 23.3.